The molecule has 92 valence electrons. The summed E-state index contributed by atoms with van der Waals surface area (Å²) >= 11 is 0. The van der Waals surface area contributed by atoms with Gasteiger partial charge in [-0.1, -0.05) is 0 Å². The van der Waals surface area contributed by atoms with Crippen molar-refractivity contribution in [3.8, 4) is 0 Å². The molecule has 2 rings (SSSR count). The van der Waals surface area contributed by atoms with Gasteiger partial charge in [0.05, 0.1) is 12.8 Å². The number of ether oxygens (including phenoxy) is 1. The Labute approximate surface area is 101 Å². The van der Waals surface area contributed by atoms with Crippen LogP contribution in [0.15, 0.2) is 18.5 Å². The van der Waals surface area contributed by atoms with E-state index in [-0.39, 0.29) is 5.97 Å². The van der Waals surface area contributed by atoms with Gasteiger partial charge in [0.1, 0.15) is 5.56 Å². The Kier molecular flexibility index (Phi) is 3.58. The van der Waals surface area contributed by atoms with Gasteiger partial charge in [-0.2, -0.15) is 0 Å². The lowest BCUT2D eigenvalue weighted by Gasteiger charge is -2.27. The van der Waals surface area contributed by atoms with Gasteiger partial charge >= 0.3 is 5.97 Å². The molecule has 2 N–H and O–H groups in total. The summed E-state index contributed by atoms with van der Waals surface area (Å²) in [6.45, 7) is 1.53. The highest BCUT2D eigenvalue weighted by Crippen LogP contribution is 2.28. The number of methoxy groups -OCH3 is 1. The van der Waals surface area contributed by atoms with Crippen LogP contribution in [-0.4, -0.2) is 37.2 Å². The molecule has 1 unspecified atom stereocenters. The van der Waals surface area contributed by atoms with Crippen LogP contribution in [0.1, 0.15) is 23.2 Å². The molecule has 1 saturated heterocycles. The molecule has 1 fully saturated rings. The van der Waals surface area contributed by atoms with Crippen LogP contribution in [0.4, 0.5) is 5.69 Å². The van der Waals surface area contributed by atoms with Gasteiger partial charge < -0.3 is 15.4 Å². The number of carbonyl (C=O) groups excluding carboxylic acids is 1. The fraction of sp³-hybridized carbons (Fsp3) is 0.500. The summed E-state index contributed by atoms with van der Waals surface area (Å²) < 4.78 is 4.77. The predicted molar refractivity (Wildman–Crippen MR) is 65.0 cm³/mol. The van der Waals surface area contributed by atoms with E-state index in [0.717, 1.165) is 25.1 Å². The molecule has 0 spiro atoms. The van der Waals surface area contributed by atoms with Crippen LogP contribution in [0.2, 0.25) is 0 Å². The first-order chi connectivity index (χ1) is 8.27. The van der Waals surface area contributed by atoms with Crippen LogP contribution in [0.5, 0.6) is 0 Å². The number of hydrogen-bond acceptors (Lipinski definition) is 5. The highest BCUT2D eigenvalue weighted by molar-refractivity contribution is 5.95. The number of aromatic nitrogens is 1. The lowest BCUT2D eigenvalue weighted by molar-refractivity contribution is 0.0601. The molecule has 1 aliphatic heterocycles. The number of hydrogen-bond donors (Lipinski definition) is 1. The zero-order valence-electron chi connectivity index (χ0n) is 9.93. The molecule has 5 heteroatoms. The maximum absolute atomic E-state index is 11.7. The zero-order valence-corrected chi connectivity index (χ0v) is 9.93. The monoisotopic (exact) mass is 235 g/mol. The second kappa shape index (κ2) is 5.14. The Balaban J connectivity index is 2.34. The van der Waals surface area contributed by atoms with Crippen LogP contribution in [0.25, 0.3) is 0 Å². The van der Waals surface area contributed by atoms with Crippen LogP contribution >= 0.6 is 0 Å². The van der Waals surface area contributed by atoms with Gasteiger partial charge in [-0.05, 0) is 18.9 Å². The number of rotatable bonds is 3. The van der Waals surface area contributed by atoms with Crippen molar-refractivity contribution in [3.05, 3.63) is 24.0 Å². The molecule has 17 heavy (non-hydrogen) atoms. The zero-order chi connectivity index (χ0) is 12.3. The molecule has 0 saturated carbocycles. The molecule has 1 aromatic rings. The van der Waals surface area contributed by atoms with E-state index < -0.39 is 0 Å². The summed E-state index contributed by atoms with van der Waals surface area (Å²) in [4.78, 5) is 17.8. The molecule has 0 aliphatic carbocycles. The van der Waals surface area contributed by atoms with Crippen LogP contribution in [0, 0.1) is 0 Å². The van der Waals surface area contributed by atoms with E-state index in [1.54, 1.807) is 12.4 Å². The lowest BCUT2D eigenvalue weighted by Crippen LogP contribution is -2.36. The highest BCUT2D eigenvalue weighted by atomic mass is 16.5. The summed E-state index contributed by atoms with van der Waals surface area (Å²) in [5, 5.41) is 0. The van der Waals surface area contributed by atoms with Gasteiger partial charge in [-0.3, -0.25) is 4.98 Å². The van der Waals surface area contributed by atoms with E-state index in [0.29, 0.717) is 18.2 Å². The average Bonchev–Trinajstić information content (AvgIpc) is 2.86. The van der Waals surface area contributed by atoms with Gasteiger partial charge in [-0.15, -0.1) is 0 Å². The third-order valence-electron chi connectivity index (χ3n) is 3.16. The fourth-order valence-corrected chi connectivity index (χ4v) is 2.30. The summed E-state index contributed by atoms with van der Waals surface area (Å²) in [6, 6.07) is 2.15. The third-order valence-corrected chi connectivity index (χ3v) is 3.16. The molecule has 2 heterocycles. The minimum absolute atomic E-state index is 0.306. The van der Waals surface area contributed by atoms with E-state index in [2.05, 4.69) is 9.88 Å². The molecule has 1 aromatic heterocycles. The van der Waals surface area contributed by atoms with Crippen molar-refractivity contribution in [1.82, 2.24) is 4.98 Å². The fourth-order valence-electron chi connectivity index (χ4n) is 2.30. The molecule has 0 amide bonds. The number of anilines is 1. The Morgan fingerprint density at radius 1 is 1.71 bits per heavy atom. The first-order valence-corrected chi connectivity index (χ1v) is 5.77. The number of nitrogens with zero attached hydrogens (tertiary/aromatic N) is 2. The lowest BCUT2D eigenvalue weighted by atomic mass is 10.1. The number of pyridine rings is 1. The topological polar surface area (TPSA) is 68.5 Å². The van der Waals surface area contributed by atoms with Crippen molar-refractivity contribution in [1.29, 1.82) is 0 Å². The van der Waals surface area contributed by atoms with E-state index in [4.69, 9.17) is 10.5 Å². The molecule has 0 bridgehead atoms. The minimum Gasteiger partial charge on any atom is -0.465 e. The van der Waals surface area contributed by atoms with E-state index >= 15 is 0 Å². The predicted octanol–water partition coefficient (Wildman–Crippen LogP) is 0.796. The molecule has 1 atom stereocenters. The Hall–Kier alpha value is -1.62. The smallest absolute Gasteiger partial charge is 0.341 e. The summed E-state index contributed by atoms with van der Waals surface area (Å²) in [5.41, 5.74) is 7.13. The molecule has 1 aliphatic rings. The van der Waals surface area contributed by atoms with Crippen molar-refractivity contribution < 1.29 is 9.53 Å². The SMILES string of the molecule is COC(=O)c1cnccc1N1CCCC1CN. The van der Waals surface area contributed by atoms with E-state index in [1.807, 2.05) is 6.07 Å². The second-order valence-corrected chi connectivity index (χ2v) is 4.11. The first kappa shape index (κ1) is 11.9. The number of esters is 1. The van der Waals surface area contributed by atoms with Gasteiger partial charge in [0, 0.05) is 31.5 Å². The van der Waals surface area contributed by atoms with Gasteiger partial charge in [0.15, 0.2) is 0 Å². The van der Waals surface area contributed by atoms with Gasteiger partial charge in [-0.25, -0.2) is 4.79 Å². The van der Waals surface area contributed by atoms with Crippen molar-refractivity contribution in [3.63, 3.8) is 0 Å². The number of carbonyl (C=O) groups is 1. The summed E-state index contributed by atoms with van der Waals surface area (Å²) in [5.74, 6) is -0.351. The second-order valence-electron chi connectivity index (χ2n) is 4.11. The van der Waals surface area contributed by atoms with Crippen LogP contribution in [0.3, 0.4) is 0 Å². The normalized spacial score (nSPS) is 19.4. The summed E-state index contributed by atoms with van der Waals surface area (Å²) in [7, 11) is 1.38. The molecule has 0 aromatic carbocycles. The van der Waals surface area contributed by atoms with Crippen LogP contribution in [-0.2, 0) is 4.74 Å². The first-order valence-electron chi connectivity index (χ1n) is 5.77. The molecular formula is C12H17N3O2. The minimum atomic E-state index is -0.351. The van der Waals surface area contributed by atoms with Crippen LogP contribution < -0.4 is 10.6 Å². The Bertz CT molecular complexity index is 408. The third kappa shape index (κ3) is 2.24. The summed E-state index contributed by atoms with van der Waals surface area (Å²) in [6.07, 6.45) is 5.41. The molecule has 0 radical (unpaired) electrons. The van der Waals surface area contributed by atoms with E-state index in [9.17, 15) is 4.79 Å². The van der Waals surface area contributed by atoms with Crippen molar-refractivity contribution in [2.75, 3.05) is 25.1 Å². The number of nitrogens with two attached hydrogens (primary N) is 1. The Morgan fingerprint density at radius 2 is 2.53 bits per heavy atom. The average molecular weight is 235 g/mol. The van der Waals surface area contributed by atoms with Gasteiger partial charge in [0.2, 0.25) is 0 Å². The van der Waals surface area contributed by atoms with Gasteiger partial charge in [0.25, 0.3) is 0 Å². The quantitative estimate of drug-likeness (QED) is 0.785. The standard InChI is InChI=1S/C12H17N3O2/c1-17-12(16)10-8-14-5-4-11(10)15-6-2-3-9(15)7-13/h4-5,8-9H,2-3,6-7,13H2,1H3. The highest BCUT2D eigenvalue weighted by Gasteiger charge is 2.27. The van der Waals surface area contributed by atoms with Crippen molar-refractivity contribution in [2.24, 2.45) is 5.73 Å². The van der Waals surface area contributed by atoms with E-state index in [1.165, 1.54) is 7.11 Å². The molecule has 5 nitrogen and oxygen atoms in total. The largest absolute Gasteiger partial charge is 0.465 e. The van der Waals surface area contributed by atoms with Crippen molar-refractivity contribution in [2.45, 2.75) is 18.9 Å². The van der Waals surface area contributed by atoms with Crippen molar-refractivity contribution >= 4 is 11.7 Å². The molecular weight excluding hydrogens is 218 g/mol. The Morgan fingerprint density at radius 3 is 3.24 bits per heavy atom. The maximum atomic E-state index is 11.7. The maximum Gasteiger partial charge on any atom is 0.341 e.